The van der Waals surface area contributed by atoms with Crippen LogP contribution in [0.25, 0.3) is 0 Å². The molecule has 0 saturated heterocycles. The standard InChI is InChI=1S/C13H16ClNO4S/c1-8(9-3-4-9)15(2)20(18,19)10-5-6-11(13(16)17)12(14)7-10/h5-9H,3-4H2,1-2H3,(H,16,17). The maximum atomic E-state index is 12.5. The number of halogens is 1. The van der Waals surface area contributed by atoms with E-state index in [0.717, 1.165) is 12.8 Å². The lowest BCUT2D eigenvalue weighted by Gasteiger charge is -2.24. The van der Waals surface area contributed by atoms with Gasteiger partial charge in [-0.05, 0) is 43.9 Å². The lowest BCUT2D eigenvalue weighted by atomic mass is 10.2. The molecule has 1 aliphatic carbocycles. The van der Waals surface area contributed by atoms with E-state index in [2.05, 4.69) is 0 Å². The van der Waals surface area contributed by atoms with Crippen LogP contribution >= 0.6 is 11.6 Å². The monoisotopic (exact) mass is 317 g/mol. The summed E-state index contributed by atoms with van der Waals surface area (Å²) in [5.74, 6) is -0.776. The number of hydrogen-bond donors (Lipinski definition) is 1. The Bertz CT molecular complexity index is 640. The molecule has 0 aromatic heterocycles. The zero-order chi connectivity index (χ0) is 15.1. The first-order valence-electron chi connectivity index (χ1n) is 6.26. The fourth-order valence-corrected chi connectivity index (χ4v) is 3.87. The fourth-order valence-electron chi connectivity index (χ4n) is 2.09. The Morgan fingerprint density at radius 1 is 1.45 bits per heavy atom. The molecule has 1 saturated carbocycles. The zero-order valence-corrected chi connectivity index (χ0v) is 12.8. The van der Waals surface area contributed by atoms with Gasteiger partial charge in [0.2, 0.25) is 10.0 Å². The highest BCUT2D eigenvalue weighted by atomic mass is 35.5. The van der Waals surface area contributed by atoms with E-state index in [4.69, 9.17) is 16.7 Å². The molecule has 1 fully saturated rings. The predicted molar refractivity (Wildman–Crippen MR) is 75.5 cm³/mol. The molecule has 0 heterocycles. The topological polar surface area (TPSA) is 74.7 Å². The summed E-state index contributed by atoms with van der Waals surface area (Å²) in [5.41, 5.74) is -0.108. The molecule has 1 atom stereocenters. The highest BCUT2D eigenvalue weighted by molar-refractivity contribution is 7.89. The number of carboxylic acids is 1. The molecule has 0 spiro atoms. The van der Waals surface area contributed by atoms with Gasteiger partial charge < -0.3 is 5.11 Å². The molecule has 2 rings (SSSR count). The Morgan fingerprint density at radius 2 is 2.05 bits per heavy atom. The second-order valence-corrected chi connectivity index (χ2v) is 7.45. The smallest absolute Gasteiger partial charge is 0.337 e. The van der Waals surface area contributed by atoms with Crippen molar-refractivity contribution in [2.75, 3.05) is 7.05 Å². The van der Waals surface area contributed by atoms with Crippen LogP contribution in [-0.2, 0) is 10.0 Å². The Kier molecular flexibility index (Phi) is 4.09. The molecule has 5 nitrogen and oxygen atoms in total. The van der Waals surface area contributed by atoms with Crippen molar-refractivity contribution in [1.82, 2.24) is 4.31 Å². The summed E-state index contributed by atoms with van der Waals surface area (Å²) in [6.07, 6.45) is 2.08. The van der Waals surface area contributed by atoms with E-state index in [1.807, 2.05) is 6.92 Å². The van der Waals surface area contributed by atoms with Crippen molar-refractivity contribution in [1.29, 1.82) is 0 Å². The van der Waals surface area contributed by atoms with Crippen molar-refractivity contribution >= 4 is 27.6 Å². The highest BCUT2D eigenvalue weighted by Crippen LogP contribution is 2.36. The van der Waals surface area contributed by atoms with E-state index in [0.29, 0.717) is 5.92 Å². The van der Waals surface area contributed by atoms with Crippen molar-refractivity contribution in [3.8, 4) is 0 Å². The number of nitrogens with zero attached hydrogens (tertiary/aromatic N) is 1. The number of hydrogen-bond acceptors (Lipinski definition) is 3. The largest absolute Gasteiger partial charge is 0.478 e. The van der Waals surface area contributed by atoms with E-state index < -0.39 is 16.0 Å². The highest BCUT2D eigenvalue weighted by Gasteiger charge is 2.36. The Morgan fingerprint density at radius 3 is 2.50 bits per heavy atom. The molecule has 7 heteroatoms. The van der Waals surface area contributed by atoms with E-state index in [-0.39, 0.29) is 21.5 Å². The van der Waals surface area contributed by atoms with Gasteiger partial charge in [0.1, 0.15) is 0 Å². The normalized spacial score (nSPS) is 17.2. The first kappa shape index (κ1) is 15.3. The molecule has 0 radical (unpaired) electrons. The molecule has 0 bridgehead atoms. The summed E-state index contributed by atoms with van der Waals surface area (Å²) in [4.78, 5) is 10.9. The molecule has 110 valence electrons. The molecular weight excluding hydrogens is 302 g/mol. The maximum Gasteiger partial charge on any atom is 0.337 e. The minimum Gasteiger partial charge on any atom is -0.478 e. The third-order valence-electron chi connectivity index (χ3n) is 3.73. The molecule has 20 heavy (non-hydrogen) atoms. The molecule has 1 aromatic rings. The van der Waals surface area contributed by atoms with Gasteiger partial charge in [-0.1, -0.05) is 11.6 Å². The third kappa shape index (κ3) is 2.82. The number of sulfonamides is 1. The van der Waals surface area contributed by atoms with Gasteiger partial charge in [0.15, 0.2) is 0 Å². The van der Waals surface area contributed by atoms with Crippen molar-refractivity contribution < 1.29 is 18.3 Å². The number of aromatic carboxylic acids is 1. The van der Waals surface area contributed by atoms with Crippen molar-refractivity contribution in [2.45, 2.75) is 30.7 Å². The Hall–Kier alpha value is -1.11. The number of rotatable bonds is 5. The van der Waals surface area contributed by atoms with Crippen LogP contribution in [0.5, 0.6) is 0 Å². The summed E-state index contributed by atoms with van der Waals surface area (Å²) in [5, 5.41) is 8.82. The summed E-state index contributed by atoms with van der Waals surface area (Å²) in [6, 6.07) is 3.61. The average molecular weight is 318 g/mol. The molecule has 1 aliphatic rings. The zero-order valence-electron chi connectivity index (χ0n) is 11.2. The van der Waals surface area contributed by atoms with Crippen LogP contribution in [0.15, 0.2) is 23.1 Å². The van der Waals surface area contributed by atoms with Crippen molar-refractivity contribution in [2.24, 2.45) is 5.92 Å². The lowest BCUT2D eigenvalue weighted by Crippen LogP contribution is -2.36. The first-order chi connectivity index (χ1) is 9.25. The molecular formula is C13H16ClNO4S. The quantitative estimate of drug-likeness (QED) is 0.905. The molecule has 0 aliphatic heterocycles. The second kappa shape index (κ2) is 5.35. The van der Waals surface area contributed by atoms with Gasteiger partial charge in [0.25, 0.3) is 0 Å². The SMILES string of the molecule is CC(C1CC1)N(C)S(=O)(=O)c1ccc(C(=O)O)c(Cl)c1. The first-order valence-corrected chi connectivity index (χ1v) is 8.08. The molecule has 1 unspecified atom stereocenters. The third-order valence-corrected chi connectivity index (χ3v) is 5.98. The van der Waals surface area contributed by atoms with Gasteiger partial charge >= 0.3 is 5.97 Å². The van der Waals surface area contributed by atoms with Crippen LogP contribution in [-0.4, -0.2) is 36.9 Å². The van der Waals surface area contributed by atoms with E-state index in [9.17, 15) is 13.2 Å². The van der Waals surface area contributed by atoms with Gasteiger partial charge in [-0.2, -0.15) is 4.31 Å². The summed E-state index contributed by atoms with van der Waals surface area (Å²) in [6.45, 7) is 1.88. The minimum absolute atomic E-state index is 0.0162. The van der Waals surface area contributed by atoms with Crippen LogP contribution in [0.2, 0.25) is 5.02 Å². The fraction of sp³-hybridized carbons (Fsp3) is 0.462. The van der Waals surface area contributed by atoms with Gasteiger partial charge in [-0.15, -0.1) is 0 Å². The summed E-state index contributed by atoms with van der Waals surface area (Å²) >= 11 is 5.83. The number of benzene rings is 1. The van der Waals surface area contributed by atoms with E-state index >= 15 is 0 Å². The molecule has 0 amide bonds. The van der Waals surface area contributed by atoms with Crippen LogP contribution in [0.3, 0.4) is 0 Å². The summed E-state index contributed by atoms with van der Waals surface area (Å²) in [7, 11) is -2.11. The predicted octanol–water partition coefficient (Wildman–Crippen LogP) is 2.46. The maximum absolute atomic E-state index is 12.5. The van der Waals surface area contributed by atoms with Crippen LogP contribution in [0, 0.1) is 5.92 Å². The Labute approximate surface area is 123 Å². The van der Waals surface area contributed by atoms with Gasteiger partial charge in [-0.25, -0.2) is 13.2 Å². The Balaban J connectivity index is 2.34. The lowest BCUT2D eigenvalue weighted by molar-refractivity contribution is 0.0697. The van der Waals surface area contributed by atoms with E-state index in [1.165, 1.54) is 29.6 Å². The number of carbonyl (C=O) groups is 1. The summed E-state index contributed by atoms with van der Waals surface area (Å²) < 4.78 is 26.2. The molecule has 1 N–H and O–H groups in total. The molecule has 1 aromatic carbocycles. The van der Waals surface area contributed by atoms with Crippen LogP contribution < -0.4 is 0 Å². The van der Waals surface area contributed by atoms with Gasteiger partial charge in [-0.3, -0.25) is 0 Å². The van der Waals surface area contributed by atoms with Crippen molar-refractivity contribution in [3.05, 3.63) is 28.8 Å². The van der Waals surface area contributed by atoms with Crippen molar-refractivity contribution in [3.63, 3.8) is 0 Å². The van der Waals surface area contributed by atoms with Gasteiger partial charge in [0, 0.05) is 13.1 Å². The van der Waals surface area contributed by atoms with Crippen LogP contribution in [0.4, 0.5) is 0 Å². The number of carboxylic acid groups (broad SMARTS) is 1. The average Bonchev–Trinajstić information content (AvgIpc) is 3.20. The van der Waals surface area contributed by atoms with Gasteiger partial charge in [0.05, 0.1) is 15.5 Å². The van der Waals surface area contributed by atoms with Crippen LogP contribution in [0.1, 0.15) is 30.1 Å². The van der Waals surface area contributed by atoms with E-state index in [1.54, 1.807) is 0 Å². The minimum atomic E-state index is -3.65. The second-order valence-electron chi connectivity index (χ2n) is 5.05.